The number of nitrogens with zero attached hydrogens (tertiary/aromatic N) is 3. The van der Waals surface area contributed by atoms with Gasteiger partial charge in [0.2, 0.25) is 0 Å². The number of ether oxygens (including phenoxy) is 3. The first-order valence-electron chi connectivity index (χ1n) is 9.75. The number of carbonyl (C=O) groups is 1. The lowest BCUT2D eigenvalue weighted by molar-refractivity contribution is 0.0997. The van der Waals surface area contributed by atoms with E-state index in [0.29, 0.717) is 35.1 Å². The maximum absolute atomic E-state index is 12.9. The molecular weight excluding hydrogens is 414 g/mol. The van der Waals surface area contributed by atoms with Gasteiger partial charge >= 0.3 is 5.69 Å². The lowest BCUT2D eigenvalue weighted by atomic mass is 10.1. The summed E-state index contributed by atoms with van der Waals surface area (Å²) >= 11 is 0. The van der Waals surface area contributed by atoms with Gasteiger partial charge in [-0.15, -0.1) is 0 Å². The van der Waals surface area contributed by atoms with Crippen LogP contribution in [0.5, 0.6) is 17.2 Å². The Hall–Kier alpha value is -4.34. The standard InChI is InChI=1S/C22H21N5O5/c1-4-32-16-8-6-5-7-14(16)27-21-18(25-22(27)29)17(19(23)28)24-20(26-21)13-11-12(30-2)9-10-15(13)31-3/h5-11H,4H2,1-3H3,(H2,23,28)(H,25,29). The zero-order valence-electron chi connectivity index (χ0n) is 17.7. The summed E-state index contributed by atoms with van der Waals surface area (Å²) in [5.74, 6) is 0.812. The lowest BCUT2D eigenvalue weighted by Crippen LogP contribution is -2.16. The number of nitrogens with one attached hydrogen (secondary N) is 1. The molecular formula is C22H21N5O5. The van der Waals surface area contributed by atoms with Crippen molar-refractivity contribution in [3.63, 3.8) is 0 Å². The van der Waals surface area contributed by atoms with Crippen LogP contribution >= 0.6 is 0 Å². The average molecular weight is 435 g/mol. The van der Waals surface area contributed by atoms with Crippen LogP contribution in [-0.2, 0) is 0 Å². The summed E-state index contributed by atoms with van der Waals surface area (Å²) < 4.78 is 17.7. The minimum Gasteiger partial charge on any atom is -0.497 e. The molecule has 0 aliphatic rings. The van der Waals surface area contributed by atoms with Crippen molar-refractivity contribution in [1.29, 1.82) is 0 Å². The Morgan fingerprint density at radius 2 is 1.88 bits per heavy atom. The number of hydrogen-bond acceptors (Lipinski definition) is 7. The summed E-state index contributed by atoms with van der Waals surface area (Å²) in [5, 5.41) is 0. The Labute approximate surface area is 182 Å². The van der Waals surface area contributed by atoms with Crippen LogP contribution in [0.3, 0.4) is 0 Å². The van der Waals surface area contributed by atoms with E-state index < -0.39 is 11.6 Å². The highest BCUT2D eigenvalue weighted by atomic mass is 16.5. The fourth-order valence-electron chi connectivity index (χ4n) is 3.42. The molecule has 0 saturated heterocycles. The van der Waals surface area contributed by atoms with Crippen molar-refractivity contribution in [2.45, 2.75) is 6.92 Å². The van der Waals surface area contributed by atoms with Crippen LogP contribution in [0.25, 0.3) is 28.2 Å². The second-order valence-electron chi connectivity index (χ2n) is 6.69. The first kappa shape index (κ1) is 20.9. The Bertz CT molecular complexity index is 1380. The Kier molecular flexibility index (Phi) is 5.50. The summed E-state index contributed by atoms with van der Waals surface area (Å²) in [6.45, 7) is 2.25. The number of amides is 1. The normalized spacial score (nSPS) is 10.8. The third-order valence-corrected chi connectivity index (χ3v) is 4.82. The first-order chi connectivity index (χ1) is 15.5. The van der Waals surface area contributed by atoms with Crippen LogP contribution in [-0.4, -0.2) is 46.3 Å². The second kappa shape index (κ2) is 8.42. The fraction of sp³-hybridized carbons (Fsp3) is 0.182. The number of rotatable bonds is 7. The molecule has 2 aromatic heterocycles. The minimum absolute atomic E-state index is 0.124. The van der Waals surface area contributed by atoms with Gasteiger partial charge in [-0.2, -0.15) is 0 Å². The molecule has 0 unspecified atom stereocenters. The largest absolute Gasteiger partial charge is 0.497 e. The van der Waals surface area contributed by atoms with E-state index in [1.807, 2.05) is 6.92 Å². The van der Waals surface area contributed by atoms with E-state index in [1.165, 1.54) is 18.8 Å². The Morgan fingerprint density at radius 1 is 1.09 bits per heavy atom. The molecule has 4 aromatic rings. The van der Waals surface area contributed by atoms with Crippen LogP contribution in [0.4, 0.5) is 0 Å². The van der Waals surface area contributed by atoms with Gasteiger partial charge in [-0.05, 0) is 37.3 Å². The molecule has 3 N–H and O–H groups in total. The molecule has 2 heterocycles. The number of carbonyl (C=O) groups excluding carboxylic acids is 1. The first-order valence-corrected chi connectivity index (χ1v) is 9.75. The smallest absolute Gasteiger partial charge is 0.332 e. The maximum atomic E-state index is 12.9. The third kappa shape index (κ3) is 3.51. The number of imidazole rings is 1. The van der Waals surface area contributed by atoms with Gasteiger partial charge in [0.05, 0.1) is 32.1 Å². The number of para-hydroxylation sites is 2. The fourth-order valence-corrected chi connectivity index (χ4v) is 3.42. The highest BCUT2D eigenvalue weighted by molar-refractivity contribution is 6.02. The molecule has 0 fully saturated rings. The summed E-state index contributed by atoms with van der Waals surface area (Å²) in [4.78, 5) is 36.7. The number of benzene rings is 2. The zero-order valence-corrected chi connectivity index (χ0v) is 17.7. The highest BCUT2D eigenvalue weighted by Gasteiger charge is 2.23. The molecule has 1 amide bonds. The molecule has 2 aromatic carbocycles. The second-order valence-corrected chi connectivity index (χ2v) is 6.69. The number of H-pyrrole nitrogens is 1. The van der Waals surface area contributed by atoms with Crippen LogP contribution in [0.15, 0.2) is 47.3 Å². The van der Waals surface area contributed by atoms with Gasteiger partial charge in [0, 0.05) is 0 Å². The van der Waals surface area contributed by atoms with Crippen LogP contribution < -0.4 is 25.6 Å². The molecule has 164 valence electrons. The number of hydrogen-bond donors (Lipinski definition) is 2. The minimum atomic E-state index is -0.813. The van der Waals surface area contributed by atoms with Gasteiger partial charge < -0.3 is 24.9 Å². The summed E-state index contributed by atoms with van der Waals surface area (Å²) in [5.41, 5.74) is 6.17. The molecule has 0 aliphatic heterocycles. The number of primary amides is 1. The van der Waals surface area contributed by atoms with Crippen molar-refractivity contribution in [1.82, 2.24) is 19.5 Å². The van der Waals surface area contributed by atoms with Crippen molar-refractivity contribution in [3.8, 4) is 34.3 Å². The van der Waals surface area contributed by atoms with Crippen LogP contribution in [0, 0.1) is 0 Å². The van der Waals surface area contributed by atoms with Gasteiger partial charge in [-0.25, -0.2) is 19.3 Å². The third-order valence-electron chi connectivity index (χ3n) is 4.82. The van der Waals surface area contributed by atoms with E-state index in [1.54, 1.807) is 42.5 Å². The monoisotopic (exact) mass is 435 g/mol. The van der Waals surface area contributed by atoms with Crippen molar-refractivity contribution in [2.24, 2.45) is 5.73 Å². The van der Waals surface area contributed by atoms with Crippen LogP contribution in [0.2, 0.25) is 0 Å². The number of fused-ring (bicyclic) bond motifs is 1. The summed E-state index contributed by atoms with van der Waals surface area (Å²) in [6.07, 6.45) is 0. The van der Waals surface area contributed by atoms with Crippen molar-refractivity contribution in [2.75, 3.05) is 20.8 Å². The van der Waals surface area contributed by atoms with Crippen LogP contribution in [0.1, 0.15) is 17.4 Å². The Balaban J connectivity index is 2.07. The lowest BCUT2D eigenvalue weighted by Gasteiger charge is -2.12. The molecule has 0 radical (unpaired) electrons. The van der Waals surface area contributed by atoms with E-state index in [9.17, 15) is 9.59 Å². The zero-order chi connectivity index (χ0) is 22.8. The molecule has 10 nitrogen and oxygen atoms in total. The molecule has 0 bridgehead atoms. The number of methoxy groups -OCH3 is 2. The predicted molar refractivity (Wildman–Crippen MR) is 118 cm³/mol. The van der Waals surface area contributed by atoms with E-state index in [4.69, 9.17) is 19.9 Å². The summed E-state index contributed by atoms with van der Waals surface area (Å²) in [6, 6.07) is 12.1. The molecule has 0 saturated carbocycles. The molecule has 0 aliphatic carbocycles. The van der Waals surface area contributed by atoms with Gasteiger partial charge in [-0.1, -0.05) is 12.1 Å². The van der Waals surface area contributed by atoms with E-state index in [0.717, 1.165) is 0 Å². The van der Waals surface area contributed by atoms with Crippen molar-refractivity contribution in [3.05, 3.63) is 58.6 Å². The van der Waals surface area contributed by atoms with Gasteiger partial charge in [0.1, 0.15) is 22.8 Å². The Morgan fingerprint density at radius 3 is 2.56 bits per heavy atom. The van der Waals surface area contributed by atoms with Crippen molar-refractivity contribution < 1.29 is 19.0 Å². The number of aromatic amines is 1. The van der Waals surface area contributed by atoms with Gasteiger partial charge in [0.25, 0.3) is 5.91 Å². The molecule has 32 heavy (non-hydrogen) atoms. The molecule has 4 rings (SSSR count). The van der Waals surface area contributed by atoms with Gasteiger partial charge in [0.15, 0.2) is 17.2 Å². The van der Waals surface area contributed by atoms with E-state index >= 15 is 0 Å². The highest BCUT2D eigenvalue weighted by Crippen LogP contribution is 2.33. The van der Waals surface area contributed by atoms with Gasteiger partial charge in [-0.3, -0.25) is 4.79 Å². The summed E-state index contributed by atoms with van der Waals surface area (Å²) in [7, 11) is 3.03. The topological polar surface area (TPSA) is 134 Å². The van der Waals surface area contributed by atoms with E-state index in [-0.39, 0.29) is 22.7 Å². The quantitative estimate of drug-likeness (QED) is 0.455. The number of aromatic nitrogens is 4. The SMILES string of the molecule is CCOc1ccccc1-n1c(=O)[nH]c2c(C(N)=O)nc(-c3cc(OC)ccc3OC)nc21. The van der Waals surface area contributed by atoms with E-state index in [2.05, 4.69) is 15.0 Å². The molecule has 0 spiro atoms. The predicted octanol–water partition coefficient (Wildman–Crippen LogP) is 2.29. The van der Waals surface area contributed by atoms with Crippen molar-refractivity contribution >= 4 is 17.1 Å². The maximum Gasteiger partial charge on any atom is 0.332 e. The average Bonchev–Trinajstić information content (AvgIpc) is 3.13. The molecule has 10 heteroatoms. The number of nitrogens with two attached hydrogens (primary N) is 1. The molecule has 0 atom stereocenters.